The number of carbonyl (C=O) groups excluding carboxylic acids is 3. The van der Waals surface area contributed by atoms with E-state index in [-0.39, 0.29) is 22.7 Å². The monoisotopic (exact) mass is 413 g/mol. The Morgan fingerprint density at radius 1 is 1.00 bits per heavy atom. The van der Waals surface area contributed by atoms with E-state index in [0.717, 1.165) is 12.1 Å². The molecule has 0 fully saturated rings. The van der Waals surface area contributed by atoms with Crippen LogP contribution in [0.4, 0.5) is 17.1 Å². The maximum Gasteiger partial charge on any atom is 0.337 e. The van der Waals surface area contributed by atoms with Crippen LogP contribution in [0.15, 0.2) is 54.1 Å². The maximum atomic E-state index is 12.2. The van der Waals surface area contributed by atoms with Crippen molar-refractivity contribution in [2.45, 2.75) is 6.92 Å². The molecule has 2 amide bonds. The average Bonchev–Trinajstić information content (AvgIpc) is 2.73. The minimum absolute atomic E-state index is 0.0577. The fraction of sp³-hybridized carbons (Fsp3) is 0.150. The van der Waals surface area contributed by atoms with Gasteiger partial charge in [-0.3, -0.25) is 19.7 Å². The number of methoxy groups -OCH3 is 2. The van der Waals surface area contributed by atoms with Crippen LogP contribution in [0.25, 0.3) is 0 Å². The van der Waals surface area contributed by atoms with Crippen molar-refractivity contribution in [1.29, 1.82) is 0 Å². The first kappa shape index (κ1) is 22.1. The number of rotatable bonds is 7. The van der Waals surface area contributed by atoms with E-state index in [1.54, 1.807) is 0 Å². The summed E-state index contributed by atoms with van der Waals surface area (Å²) in [5, 5.41) is 16.1. The summed E-state index contributed by atoms with van der Waals surface area (Å²) in [7, 11) is 2.57. The zero-order valence-corrected chi connectivity index (χ0v) is 16.4. The number of hydrogen-bond acceptors (Lipinski definition) is 7. The van der Waals surface area contributed by atoms with Gasteiger partial charge >= 0.3 is 11.7 Å². The van der Waals surface area contributed by atoms with Crippen LogP contribution < -0.4 is 15.4 Å². The summed E-state index contributed by atoms with van der Waals surface area (Å²) in [5.74, 6) is -1.61. The third kappa shape index (κ3) is 5.64. The SMILES string of the molecule is COC(=O)c1ccc(NC(=O)/C(C)=C/C(=O)Nc2ccc(OC)c([N+](=O)[O-])c2)cc1. The molecule has 0 aliphatic heterocycles. The summed E-state index contributed by atoms with van der Waals surface area (Å²) in [6, 6.07) is 9.98. The molecule has 0 aliphatic carbocycles. The van der Waals surface area contributed by atoms with Crippen LogP contribution in [-0.2, 0) is 14.3 Å². The maximum absolute atomic E-state index is 12.2. The molecule has 10 nitrogen and oxygen atoms in total. The van der Waals surface area contributed by atoms with Crippen LogP contribution in [-0.4, -0.2) is 36.9 Å². The van der Waals surface area contributed by atoms with Crippen LogP contribution in [0.2, 0.25) is 0 Å². The number of benzene rings is 2. The Hall–Kier alpha value is -4.21. The molecule has 156 valence electrons. The second-order valence-electron chi connectivity index (χ2n) is 5.98. The van der Waals surface area contributed by atoms with Gasteiger partial charge in [-0.15, -0.1) is 0 Å². The quantitative estimate of drug-likeness (QED) is 0.308. The van der Waals surface area contributed by atoms with E-state index in [0.29, 0.717) is 11.3 Å². The Labute approximate surface area is 171 Å². The lowest BCUT2D eigenvalue weighted by molar-refractivity contribution is -0.385. The molecule has 0 aromatic heterocycles. The number of nitrogens with one attached hydrogen (secondary N) is 2. The molecule has 2 N–H and O–H groups in total. The van der Waals surface area contributed by atoms with Gasteiger partial charge in [-0.2, -0.15) is 0 Å². The van der Waals surface area contributed by atoms with Gasteiger partial charge in [-0.05, 0) is 43.3 Å². The molecule has 0 radical (unpaired) electrons. The van der Waals surface area contributed by atoms with Crippen molar-refractivity contribution in [2.24, 2.45) is 0 Å². The summed E-state index contributed by atoms with van der Waals surface area (Å²) in [6.07, 6.45) is 1.06. The average molecular weight is 413 g/mol. The number of ether oxygens (including phenoxy) is 2. The molecule has 0 aliphatic rings. The fourth-order valence-electron chi connectivity index (χ4n) is 2.39. The Bertz CT molecular complexity index is 1010. The number of nitrogens with zero attached hydrogens (tertiary/aromatic N) is 1. The third-order valence-electron chi connectivity index (χ3n) is 3.91. The molecule has 10 heteroatoms. The topological polar surface area (TPSA) is 137 Å². The van der Waals surface area contributed by atoms with Crippen molar-refractivity contribution >= 4 is 34.8 Å². The van der Waals surface area contributed by atoms with E-state index in [9.17, 15) is 24.5 Å². The zero-order valence-electron chi connectivity index (χ0n) is 16.4. The van der Waals surface area contributed by atoms with Crippen LogP contribution in [0, 0.1) is 10.1 Å². The molecule has 0 atom stereocenters. The van der Waals surface area contributed by atoms with E-state index < -0.39 is 22.7 Å². The van der Waals surface area contributed by atoms with Gasteiger partial charge < -0.3 is 20.1 Å². The highest BCUT2D eigenvalue weighted by Gasteiger charge is 2.16. The van der Waals surface area contributed by atoms with E-state index in [1.807, 2.05) is 0 Å². The fourth-order valence-corrected chi connectivity index (χ4v) is 2.39. The number of hydrogen-bond donors (Lipinski definition) is 2. The van der Waals surface area contributed by atoms with E-state index in [1.165, 1.54) is 57.5 Å². The molecule has 0 heterocycles. The van der Waals surface area contributed by atoms with Gasteiger partial charge in [0.1, 0.15) is 0 Å². The second kappa shape index (κ2) is 9.82. The lowest BCUT2D eigenvalue weighted by atomic mass is 10.2. The van der Waals surface area contributed by atoms with Gasteiger partial charge in [0.25, 0.3) is 5.91 Å². The highest BCUT2D eigenvalue weighted by molar-refractivity contribution is 6.10. The van der Waals surface area contributed by atoms with Crippen LogP contribution in [0.5, 0.6) is 5.75 Å². The largest absolute Gasteiger partial charge is 0.490 e. The van der Waals surface area contributed by atoms with Gasteiger partial charge in [-0.1, -0.05) is 0 Å². The summed E-state index contributed by atoms with van der Waals surface area (Å²) in [4.78, 5) is 46.2. The van der Waals surface area contributed by atoms with Crippen LogP contribution in [0.3, 0.4) is 0 Å². The molecule has 0 bridgehead atoms. The molecule has 2 aromatic rings. The number of nitro benzene ring substituents is 1. The molecule has 2 rings (SSSR count). The molecular formula is C20H19N3O7. The number of amides is 2. The van der Waals surface area contributed by atoms with Crippen LogP contribution in [0.1, 0.15) is 17.3 Å². The first-order chi connectivity index (χ1) is 14.2. The highest BCUT2D eigenvalue weighted by atomic mass is 16.6. The number of anilines is 2. The smallest absolute Gasteiger partial charge is 0.337 e. The van der Waals surface area contributed by atoms with Crippen molar-refractivity contribution in [2.75, 3.05) is 24.9 Å². The summed E-state index contributed by atoms with van der Waals surface area (Å²) >= 11 is 0. The minimum atomic E-state index is -0.636. The van der Waals surface area contributed by atoms with Crippen LogP contribution >= 0.6 is 0 Å². The predicted octanol–water partition coefficient (Wildman–Crippen LogP) is 2.91. The first-order valence-corrected chi connectivity index (χ1v) is 8.56. The Kier molecular flexibility index (Phi) is 7.23. The predicted molar refractivity (Wildman–Crippen MR) is 108 cm³/mol. The number of esters is 1. The van der Waals surface area contributed by atoms with Gasteiger partial charge in [0, 0.05) is 29.1 Å². The van der Waals surface area contributed by atoms with E-state index in [4.69, 9.17) is 4.74 Å². The van der Waals surface area contributed by atoms with Gasteiger partial charge in [0.15, 0.2) is 5.75 Å². The van der Waals surface area contributed by atoms with Crippen molar-refractivity contribution in [3.05, 3.63) is 69.8 Å². The van der Waals surface area contributed by atoms with Crippen molar-refractivity contribution in [3.63, 3.8) is 0 Å². The number of carbonyl (C=O) groups is 3. The standard InChI is InChI=1S/C20H19N3O7/c1-12(19(25)22-14-6-4-13(5-7-14)20(26)30-3)10-18(24)21-15-8-9-17(29-2)16(11-15)23(27)28/h4-11H,1-3H3,(H,21,24)(H,22,25)/b12-10+. The molecular weight excluding hydrogens is 394 g/mol. The highest BCUT2D eigenvalue weighted by Crippen LogP contribution is 2.29. The molecule has 0 spiro atoms. The third-order valence-corrected chi connectivity index (χ3v) is 3.91. The lowest BCUT2D eigenvalue weighted by Crippen LogP contribution is -2.16. The minimum Gasteiger partial charge on any atom is -0.490 e. The van der Waals surface area contributed by atoms with Crippen molar-refractivity contribution in [1.82, 2.24) is 0 Å². The van der Waals surface area contributed by atoms with Gasteiger partial charge in [0.05, 0.1) is 24.7 Å². The van der Waals surface area contributed by atoms with E-state index >= 15 is 0 Å². The first-order valence-electron chi connectivity index (χ1n) is 8.56. The lowest BCUT2D eigenvalue weighted by Gasteiger charge is -2.08. The van der Waals surface area contributed by atoms with Crippen molar-refractivity contribution < 1.29 is 28.8 Å². The Morgan fingerprint density at radius 2 is 1.63 bits per heavy atom. The zero-order chi connectivity index (χ0) is 22.3. The summed E-state index contributed by atoms with van der Waals surface area (Å²) in [5.41, 5.74) is 0.731. The molecule has 0 saturated carbocycles. The number of nitro groups is 1. The molecule has 30 heavy (non-hydrogen) atoms. The second-order valence-corrected chi connectivity index (χ2v) is 5.98. The molecule has 2 aromatic carbocycles. The Morgan fingerprint density at radius 3 is 2.20 bits per heavy atom. The van der Waals surface area contributed by atoms with Gasteiger partial charge in [-0.25, -0.2) is 4.79 Å². The molecule has 0 unspecified atom stereocenters. The Balaban J connectivity index is 2.04. The summed E-state index contributed by atoms with van der Waals surface area (Å²) < 4.78 is 9.50. The van der Waals surface area contributed by atoms with Gasteiger partial charge in [0.2, 0.25) is 5.91 Å². The normalized spacial score (nSPS) is 10.7. The van der Waals surface area contributed by atoms with E-state index in [2.05, 4.69) is 15.4 Å². The molecule has 0 saturated heterocycles. The summed E-state index contributed by atoms with van der Waals surface area (Å²) in [6.45, 7) is 1.44. The van der Waals surface area contributed by atoms with Crippen molar-refractivity contribution in [3.8, 4) is 5.75 Å².